The van der Waals surface area contributed by atoms with Gasteiger partial charge in [-0.15, -0.1) is 0 Å². The van der Waals surface area contributed by atoms with E-state index in [1.807, 2.05) is 30.3 Å². The second-order valence-electron chi connectivity index (χ2n) is 5.91. The van der Waals surface area contributed by atoms with Gasteiger partial charge in [0.15, 0.2) is 0 Å². The van der Waals surface area contributed by atoms with Crippen LogP contribution in [-0.4, -0.2) is 17.7 Å². The molecule has 0 saturated heterocycles. The van der Waals surface area contributed by atoms with Crippen molar-refractivity contribution >= 4 is 29.5 Å². The first-order valence-electron chi connectivity index (χ1n) is 8.20. The molecule has 0 bridgehead atoms. The number of hydrogen-bond donors (Lipinski definition) is 3. The minimum Gasteiger partial charge on any atom is -0.326 e. The average molecular weight is 351 g/mol. The van der Waals surface area contributed by atoms with Crippen LogP contribution in [0, 0.1) is 5.92 Å². The molecule has 0 aromatic heterocycles. The van der Waals surface area contributed by atoms with Crippen molar-refractivity contribution in [3.05, 3.63) is 71.8 Å². The van der Waals surface area contributed by atoms with Crippen molar-refractivity contribution in [2.45, 2.75) is 13.8 Å². The molecule has 134 valence electrons. The largest absolute Gasteiger partial charge is 0.326 e. The van der Waals surface area contributed by atoms with E-state index in [-0.39, 0.29) is 11.8 Å². The van der Waals surface area contributed by atoms with Gasteiger partial charge < -0.3 is 5.32 Å². The van der Waals surface area contributed by atoms with E-state index in [0.29, 0.717) is 11.3 Å². The van der Waals surface area contributed by atoms with Crippen molar-refractivity contribution in [3.8, 4) is 0 Å². The van der Waals surface area contributed by atoms with Crippen LogP contribution in [0.4, 0.5) is 5.69 Å². The zero-order valence-electron chi connectivity index (χ0n) is 14.7. The molecule has 0 aliphatic heterocycles. The fraction of sp³-hybridized carbons (Fsp3) is 0.150. The van der Waals surface area contributed by atoms with Gasteiger partial charge in [-0.1, -0.05) is 44.2 Å². The third-order valence-electron chi connectivity index (χ3n) is 3.46. The zero-order chi connectivity index (χ0) is 18.9. The maximum absolute atomic E-state index is 12.0. The number of amides is 3. The number of rotatable bonds is 5. The molecule has 0 atom stereocenters. The topological polar surface area (TPSA) is 87.3 Å². The first-order valence-corrected chi connectivity index (χ1v) is 8.20. The molecule has 0 heterocycles. The van der Waals surface area contributed by atoms with Crippen LogP contribution in [-0.2, 0) is 9.59 Å². The second kappa shape index (κ2) is 9.17. The highest BCUT2D eigenvalue weighted by molar-refractivity contribution is 5.98. The van der Waals surface area contributed by atoms with E-state index in [1.54, 1.807) is 44.2 Å². The summed E-state index contributed by atoms with van der Waals surface area (Å²) in [6, 6.07) is 15.7. The Bertz CT molecular complexity index is 797. The molecule has 0 aliphatic carbocycles. The van der Waals surface area contributed by atoms with Gasteiger partial charge in [0.2, 0.25) is 5.91 Å². The molecule has 0 aliphatic rings. The molecule has 26 heavy (non-hydrogen) atoms. The molecule has 0 unspecified atom stereocenters. The molecule has 3 amide bonds. The molecule has 0 saturated carbocycles. The number of hydrazine groups is 1. The third-order valence-corrected chi connectivity index (χ3v) is 3.46. The molecule has 2 rings (SSSR count). The highest BCUT2D eigenvalue weighted by Gasteiger charge is 2.09. The van der Waals surface area contributed by atoms with Crippen molar-refractivity contribution in [1.29, 1.82) is 0 Å². The SMILES string of the molecule is CC(C)C(=O)Nc1ccc(C(=O)NNC(=O)C=Cc2ccccc2)cc1. The molecule has 2 aromatic rings. The predicted octanol–water partition coefficient (Wildman–Crippen LogP) is 2.76. The van der Waals surface area contributed by atoms with Gasteiger partial charge in [-0.3, -0.25) is 25.2 Å². The smallest absolute Gasteiger partial charge is 0.269 e. The van der Waals surface area contributed by atoms with Gasteiger partial charge in [0, 0.05) is 23.2 Å². The summed E-state index contributed by atoms with van der Waals surface area (Å²) in [4.78, 5) is 35.4. The summed E-state index contributed by atoms with van der Waals surface area (Å²) in [5.41, 5.74) is 6.50. The number of hydrogen-bond acceptors (Lipinski definition) is 3. The Kier molecular flexibility index (Phi) is 6.68. The van der Waals surface area contributed by atoms with Gasteiger partial charge in [-0.2, -0.15) is 0 Å². The van der Waals surface area contributed by atoms with Crippen LogP contribution < -0.4 is 16.2 Å². The molecule has 0 spiro atoms. The Morgan fingerprint density at radius 1 is 0.885 bits per heavy atom. The van der Waals surface area contributed by atoms with E-state index in [0.717, 1.165) is 5.56 Å². The lowest BCUT2D eigenvalue weighted by molar-refractivity contribution is -0.119. The first-order chi connectivity index (χ1) is 12.5. The van der Waals surface area contributed by atoms with Crippen molar-refractivity contribution in [1.82, 2.24) is 10.9 Å². The van der Waals surface area contributed by atoms with Crippen molar-refractivity contribution < 1.29 is 14.4 Å². The van der Waals surface area contributed by atoms with Crippen LogP contribution in [0.1, 0.15) is 29.8 Å². The predicted molar refractivity (Wildman–Crippen MR) is 101 cm³/mol. The lowest BCUT2D eigenvalue weighted by Gasteiger charge is -2.09. The summed E-state index contributed by atoms with van der Waals surface area (Å²) >= 11 is 0. The van der Waals surface area contributed by atoms with E-state index < -0.39 is 11.8 Å². The van der Waals surface area contributed by atoms with Crippen molar-refractivity contribution in [3.63, 3.8) is 0 Å². The lowest BCUT2D eigenvalue weighted by atomic mass is 10.1. The molecule has 2 aromatic carbocycles. The Balaban J connectivity index is 1.84. The zero-order valence-corrected chi connectivity index (χ0v) is 14.7. The van der Waals surface area contributed by atoms with Gasteiger partial charge in [0.25, 0.3) is 11.8 Å². The molecule has 6 nitrogen and oxygen atoms in total. The Morgan fingerprint density at radius 2 is 1.54 bits per heavy atom. The highest BCUT2D eigenvalue weighted by Crippen LogP contribution is 2.11. The number of anilines is 1. The number of carbonyl (C=O) groups is 3. The Labute approximate surface area is 152 Å². The normalized spacial score (nSPS) is 10.6. The number of carbonyl (C=O) groups excluding carboxylic acids is 3. The summed E-state index contributed by atoms with van der Waals surface area (Å²) in [6.45, 7) is 3.60. The van der Waals surface area contributed by atoms with Crippen molar-refractivity contribution in [2.24, 2.45) is 5.92 Å². The maximum atomic E-state index is 12.0. The van der Waals surface area contributed by atoms with E-state index >= 15 is 0 Å². The van der Waals surface area contributed by atoms with Crippen LogP contribution in [0.3, 0.4) is 0 Å². The first kappa shape index (κ1) is 18.9. The maximum Gasteiger partial charge on any atom is 0.269 e. The fourth-order valence-electron chi connectivity index (χ4n) is 1.96. The van der Waals surface area contributed by atoms with Gasteiger partial charge >= 0.3 is 0 Å². The molecule has 0 radical (unpaired) electrons. The standard InChI is InChI=1S/C20H21N3O3/c1-14(2)19(25)21-17-11-9-16(10-12-17)20(26)23-22-18(24)13-8-15-6-4-3-5-7-15/h3-14H,1-2H3,(H,21,25)(H,22,24)(H,23,26). The minimum absolute atomic E-state index is 0.0975. The third kappa shape index (κ3) is 5.90. The molecule has 0 fully saturated rings. The van der Waals surface area contributed by atoms with E-state index in [9.17, 15) is 14.4 Å². The highest BCUT2D eigenvalue weighted by atomic mass is 16.2. The van der Waals surface area contributed by atoms with Gasteiger partial charge in [0.05, 0.1) is 0 Å². The van der Waals surface area contributed by atoms with Crippen molar-refractivity contribution in [2.75, 3.05) is 5.32 Å². The molecule has 3 N–H and O–H groups in total. The van der Waals surface area contributed by atoms with E-state index in [1.165, 1.54) is 6.08 Å². The number of benzene rings is 2. The van der Waals surface area contributed by atoms with E-state index in [2.05, 4.69) is 16.2 Å². The number of nitrogens with one attached hydrogen (secondary N) is 3. The summed E-state index contributed by atoms with van der Waals surface area (Å²) in [5.74, 6) is -1.12. The molecular weight excluding hydrogens is 330 g/mol. The van der Waals surface area contributed by atoms with Gasteiger partial charge in [0.1, 0.15) is 0 Å². The van der Waals surface area contributed by atoms with Crippen LogP contribution in [0.25, 0.3) is 6.08 Å². The Morgan fingerprint density at radius 3 is 2.15 bits per heavy atom. The second-order valence-corrected chi connectivity index (χ2v) is 5.91. The van der Waals surface area contributed by atoms with Crippen LogP contribution >= 0.6 is 0 Å². The van der Waals surface area contributed by atoms with Gasteiger partial charge in [-0.25, -0.2) is 0 Å². The summed E-state index contributed by atoms with van der Waals surface area (Å²) in [5, 5.41) is 2.74. The van der Waals surface area contributed by atoms with Crippen LogP contribution in [0.15, 0.2) is 60.7 Å². The van der Waals surface area contributed by atoms with Crippen LogP contribution in [0.2, 0.25) is 0 Å². The quantitative estimate of drug-likeness (QED) is 0.572. The van der Waals surface area contributed by atoms with Crippen LogP contribution in [0.5, 0.6) is 0 Å². The average Bonchev–Trinajstić information content (AvgIpc) is 2.65. The Hall–Kier alpha value is -3.41. The van der Waals surface area contributed by atoms with E-state index in [4.69, 9.17) is 0 Å². The molecule has 6 heteroatoms. The summed E-state index contributed by atoms with van der Waals surface area (Å²) in [7, 11) is 0. The van der Waals surface area contributed by atoms with Gasteiger partial charge in [-0.05, 0) is 35.9 Å². The lowest BCUT2D eigenvalue weighted by Crippen LogP contribution is -2.40. The molecular formula is C20H21N3O3. The fourth-order valence-corrected chi connectivity index (χ4v) is 1.96. The monoisotopic (exact) mass is 351 g/mol. The summed E-state index contributed by atoms with van der Waals surface area (Å²) < 4.78 is 0. The summed E-state index contributed by atoms with van der Waals surface area (Å²) in [6.07, 6.45) is 2.98. The minimum atomic E-state index is -0.451.